The zero-order valence-electron chi connectivity index (χ0n) is 23.6. The predicted molar refractivity (Wildman–Crippen MR) is 158 cm³/mol. The minimum absolute atomic E-state index is 0.498. The van der Waals surface area contributed by atoms with Crippen LogP contribution in [0, 0.1) is 11.8 Å². The molecule has 186 valence electrons. The zero-order valence-corrected chi connectivity index (χ0v) is 28.5. The third kappa shape index (κ3) is 3.80. The van der Waals surface area contributed by atoms with Crippen molar-refractivity contribution in [3.8, 4) is 0 Å². The smallest absolute Gasteiger partial charge is 0.190 e. The van der Waals surface area contributed by atoms with E-state index in [4.69, 9.17) is 4.21 Å². The topological polar surface area (TPSA) is 12.5 Å². The van der Waals surface area contributed by atoms with Gasteiger partial charge in [-0.25, -0.2) is 0 Å². The highest BCUT2D eigenvalue weighted by molar-refractivity contribution is 7.82. The third-order valence-corrected chi connectivity index (χ3v) is 37.0. The first-order chi connectivity index (χ1) is 14.3. The molecule has 1 unspecified atom stereocenters. The fraction of sp³-hybridized carbons (Fsp3) is 0.960. The van der Waals surface area contributed by atoms with Crippen molar-refractivity contribution in [2.75, 3.05) is 0 Å². The lowest BCUT2D eigenvalue weighted by Crippen LogP contribution is -2.70. The predicted octanol–water partition coefficient (Wildman–Crippen LogP) is 8.29. The summed E-state index contributed by atoms with van der Waals surface area (Å²) in [6, 6.07) is 1.65. The van der Waals surface area contributed by atoms with Crippen molar-refractivity contribution in [2.45, 2.75) is 140 Å². The molecule has 5 aliphatic rings. The third-order valence-electron chi connectivity index (χ3n) is 9.52. The van der Waals surface area contributed by atoms with Gasteiger partial charge in [0.15, 0.2) is 8.32 Å². The highest BCUT2D eigenvalue weighted by atomic mass is 31.2. The molecule has 7 heteroatoms. The van der Waals surface area contributed by atoms with Crippen LogP contribution < -0.4 is 0 Å². The second-order valence-corrected chi connectivity index (χ2v) is 41.4. The Morgan fingerprint density at radius 3 is 1.50 bits per heavy atom. The fourth-order valence-electron chi connectivity index (χ4n) is 9.33. The largest absolute Gasteiger partial charge is 0.387 e. The van der Waals surface area contributed by atoms with Gasteiger partial charge in [0.1, 0.15) is 0 Å². The van der Waals surface area contributed by atoms with Crippen LogP contribution in [0.5, 0.6) is 0 Å². The molecule has 1 atom stereocenters. The molecule has 5 rings (SSSR count). The summed E-state index contributed by atoms with van der Waals surface area (Å²) in [6.07, 6.45) is 10.3. The Bertz CT molecular complexity index is 770. The van der Waals surface area contributed by atoms with Crippen molar-refractivity contribution in [2.24, 2.45) is 11.8 Å². The summed E-state index contributed by atoms with van der Waals surface area (Å²) < 4.78 is 11.9. The molecule has 32 heavy (non-hydrogen) atoms. The molecule has 4 fully saturated rings. The van der Waals surface area contributed by atoms with Gasteiger partial charge in [0.05, 0.1) is 31.5 Å². The first kappa shape index (κ1) is 26.2. The molecule has 2 nitrogen and oxygen atoms in total. The normalized spacial score (nSPS) is 38.1. The maximum Gasteiger partial charge on any atom is 0.190 e. The SMILES string of the molecule is C[Si](C)(C)OP1(N2C3CC4CC(C3)CC2C4)=C([Si](C)(C)C)CCC1([Si](C)(C)C)[Si](C)(C)C. The van der Waals surface area contributed by atoms with Gasteiger partial charge >= 0.3 is 0 Å². The van der Waals surface area contributed by atoms with Crippen LogP contribution >= 0.6 is 7.26 Å². The monoisotopic (exact) mass is 527 g/mol. The van der Waals surface area contributed by atoms with Gasteiger partial charge in [-0.1, -0.05) is 58.9 Å². The van der Waals surface area contributed by atoms with Gasteiger partial charge < -0.3 is 4.21 Å². The summed E-state index contributed by atoms with van der Waals surface area (Å²) in [7, 11) is -8.14. The first-order valence-electron chi connectivity index (χ1n) is 13.6. The van der Waals surface area contributed by atoms with Crippen molar-refractivity contribution in [3.63, 3.8) is 0 Å². The number of hydrogen-bond acceptors (Lipinski definition) is 2. The lowest BCUT2D eigenvalue weighted by molar-refractivity contribution is -0.0100. The van der Waals surface area contributed by atoms with Gasteiger partial charge in [0, 0.05) is 16.5 Å². The molecule has 0 aromatic rings. The van der Waals surface area contributed by atoms with E-state index in [1.165, 1.54) is 38.5 Å². The Morgan fingerprint density at radius 2 is 1.16 bits per heavy atom. The summed E-state index contributed by atoms with van der Waals surface area (Å²) >= 11 is 0. The molecule has 0 spiro atoms. The minimum atomic E-state index is -1.85. The van der Waals surface area contributed by atoms with Gasteiger partial charge in [-0.3, -0.25) is 4.67 Å². The van der Waals surface area contributed by atoms with Crippen molar-refractivity contribution in [1.82, 2.24) is 4.67 Å². The lowest BCUT2D eigenvalue weighted by atomic mass is 9.65. The van der Waals surface area contributed by atoms with E-state index in [1.807, 2.05) is 4.92 Å². The van der Waals surface area contributed by atoms with E-state index in [1.54, 1.807) is 6.42 Å². The Hall–Kier alpha value is 1.09. The molecule has 3 aliphatic heterocycles. The van der Waals surface area contributed by atoms with Gasteiger partial charge in [0.2, 0.25) is 0 Å². The molecule has 2 aliphatic carbocycles. The van der Waals surface area contributed by atoms with E-state index in [0.717, 1.165) is 23.9 Å². The Labute approximate surface area is 204 Å². The van der Waals surface area contributed by atoms with Crippen molar-refractivity contribution >= 4 is 44.7 Å². The van der Waals surface area contributed by atoms with Crippen molar-refractivity contribution < 1.29 is 4.21 Å². The molecule has 0 aromatic carbocycles. The average Bonchev–Trinajstić information content (AvgIpc) is 2.87. The Morgan fingerprint density at radius 1 is 0.719 bits per heavy atom. The van der Waals surface area contributed by atoms with E-state index >= 15 is 0 Å². The van der Waals surface area contributed by atoms with Gasteiger partial charge in [0.25, 0.3) is 0 Å². The van der Waals surface area contributed by atoms with E-state index in [9.17, 15) is 0 Å². The molecule has 0 radical (unpaired) electrons. The number of hydrogen-bond donors (Lipinski definition) is 0. The van der Waals surface area contributed by atoms with E-state index in [2.05, 4.69) is 83.2 Å². The summed E-state index contributed by atoms with van der Waals surface area (Å²) in [5.74, 6) is 2.04. The molecular weight excluding hydrogens is 474 g/mol. The summed E-state index contributed by atoms with van der Waals surface area (Å²) in [5, 5.41) is 0. The number of nitrogens with zero attached hydrogens (tertiary/aromatic N) is 1. The van der Waals surface area contributed by atoms with Crippen LogP contribution in [-0.2, 0) is 4.21 Å². The average molecular weight is 528 g/mol. The molecular formula is C25H54NOPSi4. The van der Waals surface area contributed by atoms with Crippen LogP contribution in [0.25, 0.3) is 0 Å². The van der Waals surface area contributed by atoms with Crippen molar-refractivity contribution in [1.29, 1.82) is 0 Å². The molecule has 2 saturated heterocycles. The molecule has 0 N–H and O–H groups in total. The van der Waals surface area contributed by atoms with E-state index in [-0.39, 0.29) is 0 Å². The lowest BCUT2D eigenvalue weighted by Gasteiger charge is -2.68. The maximum absolute atomic E-state index is 8.06. The molecule has 0 amide bonds. The highest BCUT2D eigenvalue weighted by Gasteiger charge is 2.69. The number of rotatable bonds is 6. The zero-order chi connectivity index (χ0) is 24.1. The summed E-state index contributed by atoms with van der Waals surface area (Å²) in [5.41, 5.74) is 0. The van der Waals surface area contributed by atoms with Crippen LogP contribution in [0.4, 0.5) is 0 Å². The molecule has 2 saturated carbocycles. The Balaban J connectivity index is 2.10. The quantitative estimate of drug-likeness (QED) is 0.254. The molecule has 3 heterocycles. The summed E-state index contributed by atoms with van der Waals surface area (Å²) in [4.78, 5) is 2.03. The van der Waals surface area contributed by atoms with Gasteiger partial charge in [-0.2, -0.15) is 0 Å². The Kier molecular flexibility index (Phi) is 6.37. The fourth-order valence-corrected chi connectivity index (χ4v) is 44.1. The molecule has 4 bridgehead atoms. The van der Waals surface area contributed by atoms with E-state index < -0.39 is 39.8 Å². The van der Waals surface area contributed by atoms with Crippen LogP contribution in [0.3, 0.4) is 0 Å². The van der Waals surface area contributed by atoms with Crippen LogP contribution in [0.1, 0.15) is 44.9 Å². The van der Waals surface area contributed by atoms with Crippen molar-refractivity contribution in [3.05, 3.63) is 0 Å². The minimum Gasteiger partial charge on any atom is -0.387 e. The summed E-state index contributed by atoms with van der Waals surface area (Å²) in [6.45, 7) is 32.1. The van der Waals surface area contributed by atoms with Gasteiger partial charge in [-0.05, 0) is 81.3 Å². The van der Waals surface area contributed by atoms with E-state index in [0.29, 0.717) is 4.40 Å². The maximum atomic E-state index is 8.06. The van der Waals surface area contributed by atoms with Crippen LogP contribution in [0.15, 0.2) is 0 Å². The van der Waals surface area contributed by atoms with Crippen LogP contribution in [-0.4, -0.2) is 58.6 Å². The highest BCUT2D eigenvalue weighted by Crippen LogP contribution is 2.79. The standard InChI is InChI=1S/C25H54NOPSi4/c1-29(2,3)24-13-14-25(30(4,5)6,31(7,8)9)28(24,27-32(10,11)12)26-22-16-20-15-21(18-22)19-23(26)17-20/h20-23H,13-19H2,1-12H3. The first-order valence-corrected chi connectivity index (χ1v) is 29.2. The molecule has 0 aromatic heterocycles. The van der Waals surface area contributed by atoms with Gasteiger partial charge in [-0.15, -0.1) is 0 Å². The second kappa shape index (κ2) is 7.79. The van der Waals surface area contributed by atoms with Crippen LogP contribution in [0.2, 0.25) is 78.6 Å². The number of piperidine rings is 2. The second-order valence-electron chi connectivity index (χ2n) is 15.9.